The number of carbonyl (C=O) groups is 3. The van der Waals surface area contributed by atoms with Crippen molar-refractivity contribution in [1.82, 2.24) is 29.7 Å². The molecule has 4 aliphatic rings. The van der Waals surface area contributed by atoms with Crippen molar-refractivity contribution >= 4 is 18.1 Å². The zero-order valence-corrected chi connectivity index (χ0v) is 43.5. The summed E-state index contributed by atoms with van der Waals surface area (Å²) in [5.74, 6) is 0.877. The molecule has 8 rings (SSSR count). The average Bonchev–Trinajstić information content (AvgIpc) is 3.56. The molecule has 6 atom stereocenters. The Hall–Kier alpha value is -6.24. The summed E-state index contributed by atoms with van der Waals surface area (Å²) in [7, 11) is 0. The second kappa shape index (κ2) is 20.0. The van der Waals surface area contributed by atoms with Gasteiger partial charge in [-0.05, 0) is 132 Å². The maximum absolute atomic E-state index is 15.2. The summed E-state index contributed by atoms with van der Waals surface area (Å²) in [6.45, 7) is 18.8. The fourth-order valence-corrected chi connectivity index (χ4v) is 13.7. The number of nitrogens with zero attached hydrogens (tertiary/aromatic N) is 3. The van der Waals surface area contributed by atoms with Gasteiger partial charge >= 0.3 is 29.3 Å². The molecular weight excluding hydrogens is 917 g/mol. The molecule has 6 unspecified atom stereocenters. The van der Waals surface area contributed by atoms with Gasteiger partial charge in [-0.2, -0.15) is 0 Å². The summed E-state index contributed by atoms with van der Waals surface area (Å²) in [6, 6.07) is 17.7. The number of furan rings is 2. The molecule has 3 fully saturated rings. The van der Waals surface area contributed by atoms with Crippen molar-refractivity contribution in [2.45, 2.75) is 177 Å². The van der Waals surface area contributed by atoms with Crippen molar-refractivity contribution < 1.29 is 32.7 Å². The Morgan fingerprint density at radius 1 is 0.597 bits per heavy atom. The molecule has 16 heteroatoms. The third-order valence-corrected chi connectivity index (χ3v) is 15.1. The van der Waals surface area contributed by atoms with Crippen LogP contribution in [0.25, 0.3) is 0 Å². The molecule has 3 heterocycles. The van der Waals surface area contributed by atoms with Gasteiger partial charge in [0.1, 0.15) is 11.5 Å². The van der Waals surface area contributed by atoms with Gasteiger partial charge in [-0.1, -0.05) is 80.5 Å². The van der Waals surface area contributed by atoms with Crippen LogP contribution in [0.1, 0.15) is 137 Å². The highest BCUT2D eigenvalue weighted by Gasteiger charge is 2.47. The van der Waals surface area contributed by atoms with E-state index in [-0.39, 0.29) is 73.1 Å². The summed E-state index contributed by atoms with van der Waals surface area (Å²) >= 11 is 0. The molecule has 0 bridgehead atoms. The third kappa shape index (κ3) is 13.0. The minimum atomic E-state index is -0.699. The first-order chi connectivity index (χ1) is 33.8. The van der Waals surface area contributed by atoms with Gasteiger partial charge in [0.25, 0.3) is 0 Å². The van der Waals surface area contributed by atoms with E-state index in [9.17, 15) is 14.4 Å². The van der Waals surface area contributed by atoms with Crippen LogP contribution in [0, 0.1) is 51.0 Å². The van der Waals surface area contributed by atoms with Gasteiger partial charge in [-0.25, -0.2) is 37.7 Å². The molecule has 0 aliphatic heterocycles. The standard InChI is InChI=1S/C56H73N6O10/c1-51(2)23-39(57-45(63)44-22-38(44)21-37-15-11-10-12-16-37)26-54(7,31-51)34-60-48(66)61(35-55(8)27-40(24-52(3,4)32-55)58-46(64)71-29-42-17-13-19-69-42)50(68)62(49(60)67)36-56(9)28-41(25-53(5,6)33-56)59-47(65)72-30-43-18-14-20-70-43/h10-11,13-15,17-20,22,39-41H,21,23-36H2,1-9H3,(H,57,63)(H,58,64)(H,59,65). The molecule has 16 nitrogen and oxygen atoms in total. The maximum Gasteiger partial charge on any atom is 0.407 e. The van der Waals surface area contributed by atoms with Crippen molar-refractivity contribution in [3.05, 3.63) is 133 Å². The molecule has 3 amide bonds. The van der Waals surface area contributed by atoms with Crippen LogP contribution in [-0.4, -0.2) is 49.9 Å². The number of hydrogen-bond donors (Lipinski definition) is 3. The SMILES string of the molecule is CC1(C)CC(NC(=O)OCc2ccco2)CC(C)(Cn2c(=O)n(CC3(C)CC(NC(=O)OCc4ccco4)CC(C)(C)C3)c(=O)n(CC3(C)CC(NC(=O)C4=C(Cc5c#cccc5)[CH]4)CC(C)(C)C3)c2=O)C1. The molecule has 0 saturated heterocycles. The van der Waals surface area contributed by atoms with Gasteiger partial charge in [-0.3, -0.25) is 4.79 Å². The highest BCUT2D eigenvalue weighted by molar-refractivity contribution is 6.03. The molecule has 387 valence electrons. The monoisotopic (exact) mass is 990 g/mol. The minimum absolute atomic E-state index is 0.00446. The third-order valence-electron chi connectivity index (χ3n) is 15.1. The number of aromatic nitrogens is 3. The van der Waals surface area contributed by atoms with Crippen LogP contribution in [0.4, 0.5) is 9.59 Å². The van der Waals surface area contributed by atoms with Crippen molar-refractivity contribution in [1.29, 1.82) is 0 Å². The molecule has 3 aromatic heterocycles. The van der Waals surface area contributed by atoms with E-state index >= 15 is 14.4 Å². The van der Waals surface area contributed by atoms with Crippen LogP contribution in [0.5, 0.6) is 0 Å². The Bertz CT molecular complexity index is 2690. The number of hydrogen-bond acceptors (Lipinski definition) is 10. The zero-order valence-electron chi connectivity index (χ0n) is 43.5. The Morgan fingerprint density at radius 3 is 1.39 bits per heavy atom. The Kier molecular flexibility index (Phi) is 14.5. The van der Waals surface area contributed by atoms with Crippen LogP contribution in [0.15, 0.2) is 89.4 Å². The van der Waals surface area contributed by atoms with Crippen LogP contribution in [0.3, 0.4) is 0 Å². The lowest BCUT2D eigenvalue weighted by molar-refractivity contribution is -0.118. The Labute approximate surface area is 422 Å². The molecule has 3 saturated carbocycles. The zero-order chi connectivity index (χ0) is 51.9. The number of ether oxygens (including phenoxy) is 2. The first kappa shape index (κ1) is 52.1. The van der Waals surface area contributed by atoms with Crippen LogP contribution >= 0.6 is 0 Å². The number of rotatable bonds is 16. The van der Waals surface area contributed by atoms with E-state index in [0.717, 1.165) is 11.1 Å². The normalized spacial score (nSPS) is 27.3. The molecule has 1 radical (unpaired) electrons. The van der Waals surface area contributed by atoms with Crippen molar-refractivity contribution in [2.75, 3.05) is 0 Å². The average molecular weight is 990 g/mol. The van der Waals surface area contributed by atoms with Crippen LogP contribution in [0.2, 0.25) is 0 Å². The van der Waals surface area contributed by atoms with Crippen molar-refractivity contribution in [3.8, 4) is 0 Å². The van der Waals surface area contributed by atoms with E-state index in [1.165, 1.54) is 26.2 Å². The van der Waals surface area contributed by atoms with Gasteiger partial charge in [0.15, 0.2) is 13.2 Å². The maximum atomic E-state index is 15.2. The Morgan fingerprint density at radius 2 is 1.01 bits per heavy atom. The van der Waals surface area contributed by atoms with E-state index in [4.69, 9.17) is 18.3 Å². The highest BCUT2D eigenvalue weighted by atomic mass is 16.6. The fourth-order valence-electron chi connectivity index (χ4n) is 13.7. The van der Waals surface area contributed by atoms with Gasteiger partial charge < -0.3 is 34.3 Å². The van der Waals surface area contributed by atoms with Gasteiger partial charge in [0.2, 0.25) is 5.91 Å². The summed E-state index contributed by atoms with van der Waals surface area (Å²) in [5, 5.41) is 9.37. The van der Waals surface area contributed by atoms with Crippen LogP contribution in [-0.2, 0) is 53.5 Å². The van der Waals surface area contributed by atoms with E-state index < -0.39 is 45.5 Å². The number of allylic oxidation sites excluding steroid dienone is 1. The summed E-state index contributed by atoms with van der Waals surface area (Å²) < 4.78 is 25.4. The molecular formula is C56H73N6O10. The van der Waals surface area contributed by atoms with Crippen LogP contribution < -0.4 is 33.0 Å². The first-order valence-corrected chi connectivity index (χ1v) is 25.4. The summed E-state index contributed by atoms with van der Waals surface area (Å²) in [6.07, 6.45) is 9.62. The molecule has 4 aliphatic carbocycles. The molecule has 72 heavy (non-hydrogen) atoms. The van der Waals surface area contributed by atoms with Crippen molar-refractivity contribution in [3.63, 3.8) is 0 Å². The minimum Gasteiger partial charge on any atom is -0.466 e. The summed E-state index contributed by atoms with van der Waals surface area (Å²) in [4.78, 5) is 85.5. The molecule has 0 spiro atoms. The summed E-state index contributed by atoms with van der Waals surface area (Å²) in [5.41, 5.74) is -2.40. The number of carbonyl (C=O) groups excluding carboxylic acids is 3. The number of nitrogens with one attached hydrogen (secondary N) is 3. The highest BCUT2D eigenvalue weighted by Crippen LogP contribution is 2.49. The van der Waals surface area contributed by atoms with E-state index in [1.807, 2.05) is 32.4 Å². The topological polar surface area (TPSA) is 198 Å². The lowest BCUT2D eigenvalue weighted by Gasteiger charge is -2.48. The van der Waals surface area contributed by atoms with E-state index in [2.05, 4.69) is 76.5 Å². The molecule has 4 aromatic rings. The first-order valence-electron chi connectivity index (χ1n) is 25.4. The second-order valence-electron chi connectivity index (χ2n) is 25.0. The quantitative estimate of drug-likeness (QED) is 0.0980. The lowest BCUT2D eigenvalue weighted by Crippen LogP contribution is -2.60. The van der Waals surface area contributed by atoms with E-state index in [1.54, 1.807) is 30.3 Å². The number of amides is 3. The Balaban J connectivity index is 1.09. The molecule has 1 aromatic carbocycles. The van der Waals surface area contributed by atoms with Gasteiger partial charge in [0, 0.05) is 61.7 Å². The molecule has 3 N–H and O–H groups in total. The van der Waals surface area contributed by atoms with Gasteiger partial charge in [-0.15, -0.1) is 0 Å². The number of alkyl carbamates (subject to hydrolysis) is 2. The fraction of sp³-hybridized carbons (Fsp3) is 0.589. The van der Waals surface area contributed by atoms with Gasteiger partial charge in [0.05, 0.1) is 12.5 Å². The predicted octanol–water partition coefficient (Wildman–Crippen LogP) is 8.44. The van der Waals surface area contributed by atoms with Crippen molar-refractivity contribution in [2.24, 2.45) is 32.5 Å². The second-order valence-corrected chi connectivity index (χ2v) is 25.0. The predicted molar refractivity (Wildman–Crippen MR) is 269 cm³/mol. The smallest absolute Gasteiger partial charge is 0.407 e. The van der Waals surface area contributed by atoms with E-state index in [0.29, 0.717) is 81.3 Å². The largest absolute Gasteiger partial charge is 0.466 e. The lowest BCUT2D eigenvalue weighted by atomic mass is 9.62.